The zero-order valence-electron chi connectivity index (χ0n) is 13.4. The van der Waals surface area contributed by atoms with Crippen LogP contribution >= 0.6 is 0 Å². The lowest BCUT2D eigenvalue weighted by atomic mass is 10.2. The summed E-state index contributed by atoms with van der Waals surface area (Å²) in [4.78, 5) is 32.4. The molecule has 8 heteroatoms. The van der Waals surface area contributed by atoms with Crippen molar-refractivity contribution < 1.29 is 19.8 Å². The van der Waals surface area contributed by atoms with Gasteiger partial charge in [0.25, 0.3) is 11.8 Å². The van der Waals surface area contributed by atoms with Crippen molar-refractivity contribution in [2.45, 2.75) is 0 Å². The van der Waals surface area contributed by atoms with E-state index in [4.69, 9.17) is 0 Å². The maximum absolute atomic E-state index is 12.3. The molecule has 8 nitrogen and oxygen atoms in total. The Labute approximate surface area is 148 Å². The number of carbonyl (C=O) groups is 2. The zero-order valence-corrected chi connectivity index (χ0v) is 13.4. The number of pyridine rings is 2. The number of nitrogens with one attached hydrogen (secondary N) is 2. The van der Waals surface area contributed by atoms with Gasteiger partial charge in [-0.1, -0.05) is 12.1 Å². The van der Waals surface area contributed by atoms with Gasteiger partial charge in [-0.2, -0.15) is 0 Å². The van der Waals surface area contributed by atoms with Crippen LogP contribution < -0.4 is 10.6 Å². The number of hydrogen-bond acceptors (Lipinski definition) is 6. The van der Waals surface area contributed by atoms with E-state index in [0.29, 0.717) is 0 Å². The molecule has 2 amide bonds. The van der Waals surface area contributed by atoms with Crippen LogP contribution in [0.3, 0.4) is 0 Å². The monoisotopic (exact) mass is 350 g/mol. The van der Waals surface area contributed by atoms with Crippen molar-refractivity contribution >= 4 is 23.2 Å². The topological polar surface area (TPSA) is 124 Å². The van der Waals surface area contributed by atoms with Crippen molar-refractivity contribution in [2.24, 2.45) is 0 Å². The molecule has 3 aromatic rings. The summed E-state index contributed by atoms with van der Waals surface area (Å²) in [6.45, 7) is 0. The number of aromatic nitrogens is 2. The summed E-state index contributed by atoms with van der Waals surface area (Å²) in [5.41, 5.74) is 0.504. The van der Waals surface area contributed by atoms with Gasteiger partial charge in [0.1, 0.15) is 11.4 Å². The number of carbonyl (C=O) groups excluding carboxylic acids is 2. The summed E-state index contributed by atoms with van der Waals surface area (Å²) in [6, 6.07) is 11.9. The van der Waals surface area contributed by atoms with Crippen molar-refractivity contribution in [1.29, 1.82) is 0 Å². The largest absolute Gasteiger partial charge is 0.504 e. The number of benzene rings is 1. The van der Waals surface area contributed by atoms with E-state index in [0.717, 1.165) is 12.1 Å². The van der Waals surface area contributed by atoms with Crippen LogP contribution in [0.2, 0.25) is 0 Å². The van der Waals surface area contributed by atoms with E-state index in [2.05, 4.69) is 20.6 Å². The molecule has 0 aliphatic heterocycles. The van der Waals surface area contributed by atoms with Crippen LogP contribution in [-0.4, -0.2) is 32.0 Å². The fourth-order valence-electron chi connectivity index (χ4n) is 2.15. The predicted octanol–water partition coefficient (Wildman–Crippen LogP) is 2.39. The van der Waals surface area contributed by atoms with E-state index in [9.17, 15) is 19.8 Å². The van der Waals surface area contributed by atoms with E-state index in [-0.39, 0.29) is 22.8 Å². The number of phenols is 2. The minimum absolute atomic E-state index is 0.0974. The molecule has 2 heterocycles. The van der Waals surface area contributed by atoms with Crippen LogP contribution in [0.15, 0.2) is 60.9 Å². The first-order chi connectivity index (χ1) is 12.5. The lowest BCUT2D eigenvalue weighted by molar-refractivity contribution is 0.101. The molecule has 26 heavy (non-hydrogen) atoms. The number of aromatic hydroxyl groups is 2. The maximum Gasteiger partial charge on any atom is 0.274 e. The number of anilines is 2. The van der Waals surface area contributed by atoms with Gasteiger partial charge in [-0.05, 0) is 24.3 Å². The molecule has 0 fully saturated rings. The molecule has 0 saturated heterocycles. The van der Waals surface area contributed by atoms with Gasteiger partial charge >= 0.3 is 0 Å². The zero-order chi connectivity index (χ0) is 18.5. The first-order valence-corrected chi connectivity index (χ1v) is 7.55. The third kappa shape index (κ3) is 3.75. The van der Waals surface area contributed by atoms with E-state index in [1.165, 1.54) is 24.5 Å². The fourth-order valence-corrected chi connectivity index (χ4v) is 2.15. The second-order valence-corrected chi connectivity index (χ2v) is 5.22. The highest BCUT2D eigenvalue weighted by molar-refractivity contribution is 6.09. The van der Waals surface area contributed by atoms with Crippen LogP contribution in [0.25, 0.3) is 0 Å². The molecular weight excluding hydrogens is 336 g/mol. The van der Waals surface area contributed by atoms with Gasteiger partial charge in [-0.25, -0.2) is 0 Å². The van der Waals surface area contributed by atoms with Crippen LogP contribution in [0.5, 0.6) is 11.5 Å². The number of amides is 2. The summed E-state index contributed by atoms with van der Waals surface area (Å²) in [7, 11) is 0. The summed E-state index contributed by atoms with van der Waals surface area (Å²) in [5.74, 6) is -1.97. The summed E-state index contributed by atoms with van der Waals surface area (Å²) >= 11 is 0. The van der Waals surface area contributed by atoms with Crippen molar-refractivity contribution in [3.05, 3.63) is 72.3 Å². The quantitative estimate of drug-likeness (QED) is 0.423. The Morgan fingerprint density at radius 3 is 1.50 bits per heavy atom. The Hall–Kier alpha value is -3.94. The highest BCUT2D eigenvalue weighted by Crippen LogP contribution is 2.35. The highest BCUT2D eigenvalue weighted by atomic mass is 16.3. The minimum Gasteiger partial charge on any atom is -0.504 e. The van der Waals surface area contributed by atoms with Gasteiger partial charge in [-0.3, -0.25) is 19.6 Å². The van der Waals surface area contributed by atoms with Gasteiger partial charge in [0.15, 0.2) is 11.5 Å². The molecule has 130 valence electrons. The number of hydrogen-bond donors (Lipinski definition) is 4. The second-order valence-electron chi connectivity index (χ2n) is 5.22. The molecule has 0 radical (unpaired) electrons. The molecule has 4 N–H and O–H groups in total. The molecule has 1 aromatic carbocycles. The summed E-state index contributed by atoms with van der Waals surface area (Å²) in [5, 5.41) is 24.5. The Morgan fingerprint density at radius 2 is 1.15 bits per heavy atom. The lowest BCUT2D eigenvalue weighted by Gasteiger charge is -2.13. The van der Waals surface area contributed by atoms with Gasteiger partial charge < -0.3 is 20.8 Å². The number of rotatable bonds is 4. The van der Waals surface area contributed by atoms with Crippen LogP contribution in [-0.2, 0) is 0 Å². The molecule has 0 saturated carbocycles. The normalized spacial score (nSPS) is 10.2. The minimum atomic E-state index is -0.538. The van der Waals surface area contributed by atoms with Crippen LogP contribution in [0.4, 0.5) is 11.4 Å². The van der Waals surface area contributed by atoms with Crippen LogP contribution in [0, 0.1) is 0 Å². The smallest absolute Gasteiger partial charge is 0.274 e. The third-order valence-electron chi connectivity index (χ3n) is 3.41. The van der Waals surface area contributed by atoms with Gasteiger partial charge in [-0.15, -0.1) is 0 Å². The molecule has 2 aromatic heterocycles. The van der Waals surface area contributed by atoms with Gasteiger partial charge in [0, 0.05) is 24.5 Å². The molecule has 0 spiro atoms. The van der Waals surface area contributed by atoms with E-state index in [1.807, 2.05) is 0 Å². The van der Waals surface area contributed by atoms with Crippen LogP contribution in [0.1, 0.15) is 21.0 Å². The highest BCUT2D eigenvalue weighted by Gasteiger charge is 2.16. The number of phenolic OH excluding ortho intramolecular Hbond substituents is 2. The van der Waals surface area contributed by atoms with Gasteiger partial charge in [0.05, 0.1) is 11.4 Å². The number of nitrogens with zero attached hydrogens (tertiary/aromatic N) is 2. The van der Waals surface area contributed by atoms with E-state index < -0.39 is 23.3 Å². The van der Waals surface area contributed by atoms with Crippen molar-refractivity contribution in [1.82, 2.24) is 9.97 Å². The first kappa shape index (κ1) is 16.9. The predicted molar refractivity (Wildman–Crippen MR) is 94.2 cm³/mol. The standard InChI is InChI=1S/C18H14N4O4/c23-15-9-13(21-17(25)11-5-1-3-7-19-11)14(10-16(15)24)22-18(26)12-6-2-4-8-20-12/h1-10,23-24H,(H,21,25)(H,22,26). The molecular formula is C18H14N4O4. The van der Waals surface area contributed by atoms with Crippen molar-refractivity contribution in [3.8, 4) is 11.5 Å². The molecule has 0 aliphatic carbocycles. The second kappa shape index (κ2) is 7.31. The third-order valence-corrected chi connectivity index (χ3v) is 3.41. The average Bonchev–Trinajstić information content (AvgIpc) is 2.67. The molecule has 0 bridgehead atoms. The molecule has 0 aliphatic rings. The van der Waals surface area contributed by atoms with Crippen molar-refractivity contribution in [2.75, 3.05) is 10.6 Å². The van der Waals surface area contributed by atoms with Crippen molar-refractivity contribution in [3.63, 3.8) is 0 Å². The fraction of sp³-hybridized carbons (Fsp3) is 0. The maximum atomic E-state index is 12.3. The van der Waals surface area contributed by atoms with E-state index >= 15 is 0 Å². The van der Waals surface area contributed by atoms with Gasteiger partial charge in [0.2, 0.25) is 0 Å². The molecule has 0 unspecified atom stereocenters. The SMILES string of the molecule is O=C(Nc1cc(O)c(O)cc1NC(=O)c1ccccn1)c1ccccn1. The summed E-state index contributed by atoms with van der Waals surface area (Å²) < 4.78 is 0. The lowest BCUT2D eigenvalue weighted by Crippen LogP contribution is -2.18. The Morgan fingerprint density at radius 1 is 0.731 bits per heavy atom. The Bertz CT molecular complexity index is 868. The summed E-state index contributed by atoms with van der Waals surface area (Å²) in [6.07, 6.45) is 2.93. The average molecular weight is 350 g/mol. The Balaban J connectivity index is 1.89. The Kier molecular flexibility index (Phi) is 4.75. The first-order valence-electron chi connectivity index (χ1n) is 7.55. The molecule has 0 atom stereocenters. The van der Waals surface area contributed by atoms with E-state index in [1.54, 1.807) is 24.3 Å². The molecule has 3 rings (SSSR count).